The van der Waals surface area contributed by atoms with Gasteiger partial charge < -0.3 is 5.11 Å². The van der Waals surface area contributed by atoms with Crippen LogP contribution in [0.2, 0.25) is 5.02 Å². The van der Waals surface area contributed by atoms with Gasteiger partial charge in [-0.05, 0) is 53.9 Å². The number of benzene rings is 3. The van der Waals surface area contributed by atoms with E-state index >= 15 is 0 Å². The third kappa shape index (κ3) is 4.49. The molecular weight excluding hydrogens is 567 g/mol. The fourth-order valence-electron chi connectivity index (χ4n) is 5.27. The number of alkyl halides is 1. The number of aryl methyl sites for hydroxylation is 1. The molecule has 0 bridgehead atoms. The molecule has 1 aromatic heterocycles. The Kier molecular flexibility index (Phi) is 6.67. The highest BCUT2D eigenvalue weighted by Gasteiger charge is 2.50. The zero-order valence-electron chi connectivity index (χ0n) is 22.0. The summed E-state index contributed by atoms with van der Waals surface area (Å²) in [4.78, 5) is 38.7. The summed E-state index contributed by atoms with van der Waals surface area (Å²) in [5.74, 6) is -0.167. The van der Waals surface area contributed by atoms with Crippen LogP contribution < -0.4 is 10.7 Å². The molecule has 2 aliphatic heterocycles. The SMILES string of the molecule is CC(=O)N1N=C(c2ccc(-n3nc(C)n(N4C(=O)C(Cl)C4c4ccccc4Cl)c3=O)cc2)CC1c1ccc(O)cc1. The molecule has 3 aromatic carbocycles. The highest BCUT2D eigenvalue weighted by Crippen LogP contribution is 2.40. The number of rotatable bonds is 5. The van der Waals surface area contributed by atoms with Gasteiger partial charge in [0.05, 0.1) is 17.4 Å². The van der Waals surface area contributed by atoms with E-state index in [0.29, 0.717) is 34.2 Å². The number of phenols is 1. The Morgan fingerprint density at radius 2 is 1.68 bits per heavy atom. The molecule has 4 aromatic rings. The number of hydrogen-bond acceptors (Lipinski definition) is 6. The van der Waals surface area contributed by atoms with E-state index in [1.54, 1.807) is 67.6 Å². The van der Waals surface area contributed by atoms with Crippen molar-refractivity contribution in [2.75, 3.05) is 5.01 Å². The summed E-state index contributed by atoms with van der Waals surface area (Å²) in [7, 11) is 0. The molecule has 0 radical (unpaired) electrons. The summed E-state index contributed by atoms with van der Waals surface area (Å²) >= 11 is 12.7. The minimum Gasteiger partial charge on any atom is -0.508 e. The highest BCUT2D eigenvalue weighted by molar-refractivity contribution is 6.37. The van der Waals surface area contributed by atoms with Crippen molar-refractivity contribution in [3.8, 4) is 11.4 Å². The summed E-state index contributed by atoms with van der Waals surface area (Å²) < 4.78 is 2.44. The second kappa shape index (κ2) is 10.2. The number of halogens is 2. The summed E-state index contributed by atoms with van der Waals surface area (Å²) in [6.07, 6.45) is 0.484. The smallest absolute Gasteiger partial charge is 0.370 e. The lowest BCUT2D eigenvalue weighted by Crippen LogP contribution is -2.64. The fourth-order valence-corrected chi connectivity index (χ4v) is 5.86. The molecule has 1 fully saturated rings. The predicted molar refractivity (Wildman–Crippen MR) is 154 cm³/mol. The molecule has 10 nitrogen and oxygen atoms in total. The monoisotopic (exact) mass is 590 g/mol. The summed E-state index contributed by atoms with van der Waals surface area (Å²) in [5, 5.41) is 20.9. The number of aromatic nitrogens is 3. The third-order valence-corrected chi connectivity index (χ3v) is 8.08. The number of aromatic hydroxyl groups is 1. The largest absolute Gasteiger partial charge is 0.508 e. The maximum Gasteiger partial charge on any atom is 0.370 e. The minimum atomic E-state index is -0.865. The van der Waals surface area contributed by atoms with Crippen LogP contribution in [-0.4, -0.2) is 47.5 Å². The van der Waals surface area contributed by atoms with Gasteiger partial charge in [0, 0.05) is 18.4 Å². The van der Waals surface area contributed by atoms with Gasteiger partial charge in [-0.1, -0.05) is 54.1 Å². The van der Waals surface area contributed by atoms with Crippen LogP contribution in [0.15, 0.2) is 82.7 Å². The van der Waals surface area contributed by atoms with E-state index in [-0.39, 0.29) is 17.7 Å². The van der Waals surface area contributed by atoms with Crippen LogP contribution in [0.4, 0.5) is 0 Å². The van der Waals surface area contributed by atoms with Gasteiger partial charge in [-0.15, -0.1) is 16.7 Å². The Hall–Kier alpha value is -4.41. The number of phenolic OH excluding ortho intramolecular Hbond substituents is 1. The maximum absolute atomic E-state index is 13.5. The Labute approximate surface area is 244 Å². The van der Waals surface area contributed by atoms with Gasteiger partial charge in [-0.3, -0.25) is 9.59 Å². The first-order valence-corrected chi connectivity index (χ1v) is 13.6. The highest BCUT2D eigenvalue weighted by atomic mass is 35.5. The van der Waals surface area contributed by atoms with Crippen LogP contribution in [0.3, 0.4) is 0 Å². The van der Waals surface area contributed by atoms with Crippen LogP contribution in [0.25, 0.3) is 5.69 Å². The van der Waals surface area contributed by atoms with E-state index in [1.807, 2.05) is 12.1 Å². The first-order chi connectivity index (χ1) is 19.7. The molecule has 208 valence electrons. The Morgan fingerprint density at radius 1 is 1.00 bits per heavy atom. The molecule has 3 heterocycles. The number of amides is 2. The van der Waals surface area contributed by atoms with Gasteiger partial charge in [0.15, 0.2) is 5.82 Å². The predicted octanol–water partition coefficient (Wildman–Crippen LogP) is 4.23. The number of hydrazone groups is 1. The molecule has 41 heavy (non-hydrogen) atoms. The van der Waals surface area contributed by atoms with E-state index in [4.69, 9.17) is 23.2 Å². The molecule has 3 atom stereocenters. The van der Waals surface area contributed by atoms with Gasteiger partial charge in [0.25, 0.3) is 5.91 Å². The quantitative estimate of drug-likeness (QED) is 0.276. The molecule has 2 amide bonds. The lowest BCUT2D eigenvalue weighted by molar-refractivity contribution is -0.130. The molecule has 2 aliphatic rings. The molecule has 0 spiro atoms. The van der Waals surface area contributed by atoms with Crippen LogP contribution >= 0.6 is 23.2 Å². The van der Waals surface area contributed by atoms with Crippen LogP contribution in [-0.2, 0) is 9.59 Å². The third-order valence-electron chi connectivity index (χ3n) is 7.31. The molecule has 1 N–H and O–H groups in total. The summed E-state index contributed by atoms with van der Waals surface area (Å²) in [6, 6.07) is 19.9. The van der Waals surface area contributed by atoms with Crippen LogP contribution in [0.5, 0.6) is 5.75 Å². The molecular formula is C29H24Cl2N6O4. The van der Waals surface area contributed by atoms with Crippen LogP contribution in [0, 0.1) is 6.92 Å². The van der Waals surface area contributed by atoms with Crippen molar-refractivity contribution in [2.45, 2.75) is 37.7 Å². The lowest BCUT2D eigenvalue weighted by Gasteiger charge is -2.44. The van der Waals surface area contributed by atoms with Crippen molar-refractivity contribution in [1.82, 2.24) is 19.5 Å². The molecule has 12 heteroatoms. The second-order valence-corrected chi connectivity index (χ2v) is 10.8. The standard InChI is InChI=1S/C29H24Cl2N6O4/c1-16-32-35(29(41)36(16)37-27(26(31)28(37)40)22-5-3-4-6-23(22)30)20-11-7-18(8-12-20)24-15-25(34(33-24)17(2)38)19-9-13-21(39)14-10-19/h3-14,25-27,39H,15H2,1-2H3. The minimum absolute atomic E-state index is 0.145. The first-order valence-electron chi connectivity index (χ1n) is 12.8. The summed E-state index contributed by atoms with van der Waals surface area (Å²) in [5.41, 5.74) is 2.95. The average molecular weight is 591 g/mol. The number of carbonyl (C=O) groups is 2. The number of nitrogens with zero attached hydrogens (tertiary/aromatic N) is 6. The van der Waals surface area contributed by atoms with E-state index in [1.165, 1.54) is 26.3 Å². The second-order valence-electron chi connectivity index (χ2n) is 9.87. The van der Waals surface area contributed by atoms with Crippen molar-refractivity contribution < 1.29 is 14.7 Å². The van der Waals surface area contributed by atoms with E-state index in [2.05, 4.69) is 10.2 Å². The van der Waals surface area contributed by atoms with Crippen molar-refractivity contribution in [2.24, 2.45) is 5.10 Å². The number of carbonyl (C=O) groups excluding carboxylic acids is 2. The van der Waals surface area contributed by atoms with Gasteiger partial charge in [-0.2, -0.15) is 14.5 Å². The Morgan fingerprint density at radius 3 is 2.34 bits per heavy atom. The van der Waals surface area contributed by atoms with Gasteiger partial charge in [0.2, 0.25) is 5.91 Å². The first kappa shape index (κ1) is 26.8. The van der Waals surface area contributed by atoms with Gasteiger partial charge in [0.1, 0.15) is 17.2 Å². The molecule has 1 saturated heterocycles. The molecule has 3 unspecified atom stereocenters. The zero-order valence-corrected chi connectivity index (χ0v) is 23.5. The van der Waals surface area contributed by atoms with Crippen molar-refractivity contribution in [1.29, 1.82) is 0 Å². The Balaban J connectivity index is 1.29. The Bertz CT molecular complexity index is 1760. The van der Waals surface area contributed by atoms with Crippen molar-refractivity contribution >= 4 is 40.7 Å². The van der Waals surface area contributed by atoms with Crippen LogP contribution in [0.1, 0.15) is 47.9 Å². The summed E-state index contributed by atoms with van der Waals surface area (Å²) in [6.45, 7) is 3.09. The topological polar surface area (TPSA) is 113 Å². The van der Waals surface area contributed by atoms with Crippen molar-refractivity contribution in [3.05, 3.63) is 111 Å². The van der Waals surface area contributed by atoms with Crippen molar-refractivity contribution in [3.63, 3.8) is 0 Å². The van der Waals surface area contributed by atoms with Gasteiger partial charge in [-0.25, -0.2) is 14.8 Å². The molecule has 0 aliphatic carbocycles. The normalized spacial score (nSPS) is 20.2. The zero-order chi connectivity index (χ0) is 29.0. The maximum atomic E-state index is 13.5. The molecule has 0 saturated carbocycles. The van der Waals surface area contributed by atoms with E-state index in [9.17, 15) is 19.5 Å². The van der Waals surface area contributed by atoms with E-state index in [0.717, 1.165) is 11.1 Å². The van der Waals surface area contributed by atoms with E-state index < -0.39 is 23.0 Å². The number of hydrogen-bond donors (Lipinski definition) is 1. The van der Waals surface area contributed by atoms with Gasteiger partial charge >= 0.3 is 5.69 Å². The molecule has 6 rings (SSSR count). The lowest BCUT2D eigenvalue weighted by atomic mass is 9.95. The fraction of sp³-hybridized carbons (Fsp3) is 0.207. The average Bonchev–Trinajstić information content (AvgIpc) is 3.54. The number of β-lactam (4-membered cyclic amide) rings is 1.